The van der Waals surface area contributed by atoms with Gasteiger partial charge in [0.2, 0.25) is 0 Å². The quantitative estimate of drug-likeness (QED) is 0.0317. The minimum atomic E-state index is -0.540. The molecule has 0 aliphatic rings. The summed E-state index contributed by atoms with van der Waals surface area (Å²) in [6.45, 7) is 14.2. The molecule has 0 aromatic heterocycles. The fourth-order valence-electron chi connectivity index (χ4n) is 7.42. The molecule has 3 N–H and O–H groups in total. The number of carbonyl (C=O) groups excluding carboxylic acids is 2. The third kappa shape index (κ3) is 42.4. The van der Waals surface area contributed by atoms with Gasteiger partial charge in [-0.2, -0.15) is 0 Å². The summed E-state index contributed by atoms with van der Waals surface area (Å²) in [5, 5.41) is 30.2. The first-order valence-electron chi connectivity index (χ1n) is 24.2. The Morgan fingerprint density at radius 1 is 0.536 bits per heavy atom. The number of esters is 1. The Kier molecular flexibility index (Phi) is 47.2. The number of aliphatic hydroxyl groups excluding tert-OH is 3. The van der Waals surface area contributed by atoms with Gasteiger partial charge in [-0.1, -0.05) is 176 Å². The van der Waals surface area contributed by atoms with Gasteiger partial charge in [0.1, 0.15) is 0 Å². The number of aliphatic hydroxyl groups is 3. The molecule has 0 rings (SSSR count). The van der Waals surface area contributed by atoms with Crippen LogP contribution in [0.2, 0.25) is 0 Å². The number of hydrogen-bond donors (Lipinski definition) is 3. The van der Waals surface area contributed by atoms with E-state index in [2.05, 4.69) is 39.4 Å². The van der Waals surface area contributed by atoms with Crippen LogP contribution < -0.4 is 0 Å². The summed E-state index contributed by atoms with van der Waals surface area (Å²) in [5.41, 5.74) is 0. The smallest absolute Gasteiger partial charge is 0.308 e. The molecule has 0 spiro atoms. The fraction of sp³-hybridized carbons (Fsp3) is 0.958. The van der Waals surface area contributed by atoms with Gasteiger partial charge < -0.3 is 24.8 Å². The summed E-state index contributed by atoms with van der Waals surface area (Å²) in [6, 6.07) is 0. The van der Waals surface area contributed by atoms with Crippen molar-refractivity contribution in [3.63, 3.8) is 0 Å². The summed E-state index contributed by atoms with van der Waals surface area (Å²) in [7, 11) is 0. The molecule has 0 amide bonds. The highest BCUT2D eigenvalue weighted by Gasteiger charge is 2.20. The van der Waals surface area contributed by atoms with Gasteiger partial charge in [-0.05, 0) is 63.7 Å². The molecule has 0 saturated carbocycles. The van der Waals surface area contributed by atoms with Crippen LogP contribution in [0, 0.1) is 11.8 Å². The maximum Gasteiger partial charge on any atom is 0.308 e. The topological polar surface area (TPSA) is 117 Å². The minimum Gasteiger partial charge on any atom is -0.468 e. The average molecular weight is 800 g/mol. The maximum atomic E-state index is 12.8. The van der Waals surface area contributed by atoms with Crippen molar-refractivity contribution in [3.05, 3.63) is 0 Å². The number of unbranched alkanes of at least 4 members (excludes halogenated alkanes) is 18. The second-order valence-electron chi connectivity index (χ2n) is 16.9. The van der Waals surface area contributed by atoms with Crippen molar-refractivity contribution in [2.75, 3.05) is 39.5 Å². The number of hydrogen-bond acceptors (Lipinski definition) is 8. The second-order valence-corrected chi connectivity index (χ2v) is 16.9. The van der Waals surface area contributed by atoms with Crippen molar-refractivity contribution in [2.45, 2.75) is 246 Å². The van der Waals surface area contributed by atoms with Crippen LogP contribution in [0.3, 0.4) is 0 Å². The standard InChI is InChI=1S/C32H63NO7.C16H34/c1-3-5-7-9-10-12-19-29(18-11-8-6-4-2)32(38)40-25-16-14-21-31(37)27-33(22-17-23-34)26-30(36)20-13-15-24-39-28-35;1-4-6-8-10-11-13-15-16(3)14-12-9-7-5-2/h28-31,34,36-37H,3-27H2,1-2H3;16H,4-15H2,1-3H3. The average Bonchev–Trinajstić information content (AvgIpc) is 3.19. The van der Waals surface area contributed by atoms with Gasteiger partial charge in [0.25, 0.3) is 6.47 Å². The van der Waals surface area contributed by atoms with Gasteiger partial charge >= 0.3 is 5.97 Å². The molecule has 0 fully saturated rings. The van der Waals surface area contributed by atoms with Crippen LogP contribution >= 0.6 is 0 Å². The largest absolute Gasteiger partial charge is 0.468 e. The third-order valence-corrected chi connectivity index (χ3v) is 11.1. The Hall–Kier alpha value is -1.22. The molecule has 8 heteroatoms. The highest BCUT2D eigenvalue weighted by Crippen LogP contribution is 2.21. The van der Waals surface area contributed by atoms with E-state index in [-0.39, 0.29) is 18.5 Å². The highest BCUT2D eigenvalue weighted by atomic mass is 16.5. The zero-order chi connectivity index (χ0) is 41.7. The molecule has 0 heterocycles. The van der Waals surface area contributed by atoms with Crippen LogP contribution in [0.4, 0.5) is 0 Å². The summed E-state index contributed by atoms with van der Waals surface area (Å²) < 4.78 is 10.3. The van der Waals surface area contributed by atoms with Crippen molar-refractivity contribution in [1.82, 2.24) is 4.90 Å². The van der Waals surface area contributed by atoms with Crippen LogP contribution in [0.25, 0.3) is 0 Å². The van der Waals surface area contributed by atoms with Crippen LogP contribution in [-0.2, 0) is 19.1 Å². The molecule has 336 valence electrons. The zero-order valence-corrected chi connectivity index (χ0v) is 38.0. The van der Waals surface area contributed by atoms with Crippen LogP contribution in [0.15, 0.2) is 0 Å². The third-order valence-electron chi connectivity index (χ3n) is 11.1. The molecule has 0 aromatic rings. The molecular formula is C48H97NO7. The molecule has 4 unspecified atom stereocenters. The molecule has 56 heavy (non-hydrogen) atoms. The molecule has 0 aliphatic heterocycles. The van der Waals surface area contributed by atoms with Gasteiger partial charge in [-0.25, -0.2) is 0 Å². The lowest BCUT2D eigenvalue weighted by Gasteiger charge is -2.27. The second kappa shape index (κ2) is 46.5. The Morgan fingerprint density at radius 3 is 1.38 bits per heavy atom. The summed E-state index contributed by atoms with van der Waals surface area (Å²) >= 11 is 0. The molecule has 0 aliphatic carbocycles. The van der Waals surface area contributed by atoms with E-state index in [9.17, 15) is 24.9 Å². The summed E-state index contributed by atoms with van der Waals surface area (Å²) in [4.78, 5) is 25.0. The minimum absolute atomic E-state index is 0.0117. The lowest BCUT2D eigenvalue weighted by molar-refractivity contribution is -0.149. The Balaban J connectivity index is 0. The molecule has 0 saturated heterocycles. The molecule has 0 bridgehead atoms. The van der Waals surface area contributed by atoms with Gasteiger partial charge in [0, 0.05) is 26.2 Å². The van der Waals surface area contributed by atoms with Gasteiger partial charge in [-0.3, -0.25) is 14.5 Å². The predicted molar refractivity (Wildman–Crippen MR) is 237 cm³/mol. The summed E-state index contributed by atoms with van der Waals surface area (Å²) in [6.07, 6.45) is 34.9. The van der Waals surface area contributed by atoms with Gasteiger partial charge in [-0.15, -0.1) is 0 Å². The molecule has 0 radical (unpaired) electrons. The lowest BCUT2D eigenvalue weighted by atomic mass is 9.94. The van der Waals surface area contributed by atoms with E-state index >= 15 is 0 Å². The van der Waals surface area contributed by atoms with E-state index in [1.807, 2.05) is 4.90 Å². The zero-order valence-electron chi connectivity index (χ0n) is 38.0. The molecule has 4 atom stereocenters. The van der Waals surface area contributed by atoms with Crippen molar-refractivity contribution in [2.24, 2.45) is 11.8 Å². The monoisotopic (exact) mass is 800 g/mol. The number of nitrogens with zero attached hydrogens (tertiary/aromatic N) is 1. The highest BCUT2D eigenvalue weighted by molar-refractivity contribution is 5.72. The number of carbonyl (C=O) groups is 2. The number of rotatable bonds is 43. The normalized spacial score (nSPS) is 13.5. The predicted octanol–water partition coefficient (Wildman–Crippen LogP) is 12.1. The van der Waals surface area contributed by atoms with Crippen molar-refractivity contribution < 1.29 is 34.4 Å². The lowest BCUT2D eigenvalue weighted by Crippen LogP contribution is -2.39. The molecule has 8 nitrogen and oxygen atoms in total. The first-order valence-corrected chi connectivity index (χ1v) is 24.2. The van der Waals surface area contributed by atoms with E-state index in [4.69, 9.17) is 4.74 Å². The van der Waals surface area contributed by atoms with E-state index in [1.54, 1.807) is 0 Å². The first-order chi connectivity index (χ1) is 27.3. The van der Waals surface area contributed by atoms with Crippen molar-refractivity contribution >= 4 is 12.4 Å². The van der Waals surface area contributed by atoms with Crippen molar-refractivity contribution in [1.29, 1.82) is 0 Å². The Bertz CT molecular complexity index is 785. The Morgan fingerprint density at radius 2 is 0.929 bits per heavy atom. The molecule has 0 aromatic carbocycles. The van der Waals surface area contributed by atoms with Gasteiger partial charge in [0.15, 0.2) is 0 Å². The molecular weight excluding hydrogens is 703 g/mol. The van der Waals surface area contributed by atoms with E-state index in [0.29, 0.717) is 65.0 Å². The Labute approximate surface area is 348 Å². The van der Waals surface area contributed by atoms with Crippen LogP contribution in [0.1, 0.15) is 234 Å². The maximum absolute atomic E-state index is 12.8. The fourth-order valence-corrected chi connectivity index (χ4v) is 7.42. The van der Waals surface area contributed by atoms with Crippen molar-refractivity contribution in [3.8, 4) is 0 Å². The van der Waals surface area contributed by atoms with E-state index in [0.717, 1.165) is 50.9 Å². The first kappa shape index (κ1) is 56.9. The SMILES string of the molecule is CCCCCCCCC(C)CCCCCC.CCCCCCCCC(CCCCCC)C(=O)OCCCCC(O)CN(CCCO)CC(O)CCCCOC=O. The van der Waals surface area contributed by atoms with E-state index in [1.165, 1.54) is 128 Å². The van der Waals surface area contributed by atoms with Crippen LogP contribution in [0.5, 0.6) is 0 Å². The van der Waals surface area contributed by atoms with E-state index < -0.39 is 12.2 Å². The van der Waals surface area contributed by atoms with Crippen LogP contribution in [-0.4, -0.2) is 84.3 Å². The number of ether oxygens (including phenoxy) is 2. The summed E-state index contributed by atoms with van der Waals surface area (Å²) in [5.74, 6) is 0.938. The van der Waals surface area contributed by atoms with Gasteiger partial charge in [0.05, 0.1) is 31.3 Å².